The van der Waals surface area contributed by atoms with Crippen LogP contribution in [0.4, 0.5) is 0 Å². The Kier molecular flexibility index (Phi) is 6.08. The normalized spacial score (nSPS) is 12.2. The molecule has 0 unspecified atom stereocenters. The van der Waals surface area contributed by atoms with Gasteiger partial charge in [-0.2, -0.15) is 4.98 Å². The first-order chi connectivity index (χ1) is 13.5. The van der Waals surface area contributed by atoms with Crippen molar-refractivity contribution in [2.45, 2.75) is 46.2 Å². The van der Waals surface area contributed by atoms with Gasteiger partial charge in [0, 0.05) is 17.5 Å². The number of aromatic nitrogens is 3. The number of rotatable bonds is 6. The van der Waals surface area contributed by atoms with E-state index in [1.54, 1.807) is 6.26 Å². The van der Waals surface area contributed by atoms with Crippen LogP contribution in [0.25, 0.3) is 11.5 Å². The van der Waals surface area contributed by atoms with E-state index in [0.717, 1.165) is 17.8 Å². The van der Waals surface area contributed by atoms with Gasteiger partial charge in [-0.3, -0.25) is 0 Å². The topological polar surface area (TPSA) is 101 Å². The van der Waals surface area contributed by atoms with Crippen molar-refractivity contribution in [2.75, 3.05) is 6.54 Å². The molecule has 0 aliphatic rings. The highest BCUT2D eigenvalue weighted by Crippen LogP contribution is 2.20. The minimum Gasteiger partial charge on any atom is -0.444 e. The quantitative estimate of drug-likeness (QED) is 0.498. The lowest BCUT2D eigenvalue weighted by Crippen LogP contribution is -2.37. The predicted octanol–water partition coefficient (Wildman–Crippen LogP) is 3.28. The first-order valence-corrected chi connectivity index (χ1v) is 9.31. The molecular formula is C20H26N6O2. The van der Waals surface area contributed by atoms with Gasteiger partial charge in [-0.1, -0.05) is 44.1 Å². The summed E-state index contributed by atoms with van der Waals surface area (Å²) in [5.41, 5.74) is 1.52. The summed E-state index contributed by atoms with van der Waals surface area (Å²) in [6.07, 6.45) is 1.63. The zero-order valence-electron chi connectivity index (χ0n) is 16.7. The molecule has 0 saturated heterocycles. The van der Waals surface area contributed by atoms with Gasteiger partial charge in [-0.25, -0.2) is 9.98 Å². The predicted molar refractivity (Wildman–Crippen MR) is 107 cm³/mol. The average molecular weight is 382 g/mol. The molecule has 0 bridgehead atoms. The van der Waals surface area contributed by atoms with Gasteiger partial charge in [0.05, 0.1) is 13.1 Å². The third kappa shape index (κ3) is 5.18. The maximum Gasteiger partial charge on any atom is 0.232 e. The van der Waals surface area contributed by atoms with Crippen LogP contribution in [0, 0.1) is 0 Å². The fourth-order valence-electron chi connectivity index (χ4n) is 2.39. The molecule has 28 heavy (non-hydrogen) atoms. The first kappa shape index (κ1) is 19.6. The minimum atomic E-state index is -0.173. The zero-order valence-corrected chi connectivity index (χ0v) is 16.7. The van der Waals surface area contributed by atoms with Crippen LogP contribution in [-0.2, 0) is 18.5 Å². The van der Waals surface area contributed by atoms with Crippen molar-refractivity contribution >= 4 is 5.96 Å². The number of nitrogens with zero attached hydrogens (tertiary/aromatic N) is 4. The van der Waals surface area contributed by atoms with Gasteiger partial charge in [0.2, 0.25) is 11.8 Å². The molecule has 0 fully saturated rings. The summed E-state index contributed by atoms with van der Waals surface area (Å²) in [6.45, 7) is 9.65. The third-order valence-electron chi connectivity index (χ3n) is 3.84. The lowest BCUT2D eigenvalue weighted by molar-refractivity contribution is 0.318. The second kappa shape index (κ2) is 8.69. The summed E-state index contributed by atoms with van der Waals surface area (Å²) in [4.78, 5) is 13.5. The highest BCUT2D eigenvalue weighted by molar-refractivity contribution is 5.79. The van der Waals surface area contributed by atoms with Crippen molar-refractivity contribution in [3.8, 4) is 11.5 Å². The molecule has 8 heteroatoms. The van der Waals surface area contributed by atoms with Crippen molar-refractivity contribution in [2.24, 2.45) is 4.99 Å². The molecule has 0 aliphatic heterocycles. The maximum atomic E-state index is 5.55. The summed E-state index contributed by atoms with van der Waals surface area (Å²) < 4.78 is 10.9. The lowest BCUT2D eigenvalue weighted by Gasteiger charge is -2.10. The minimum absolute atomic E-state index is 0.173. The van der Waals surface area contributed by atoms with Crippen LogP contribution in [-0.4, -0.2) is 27.6 Å². The van der Waals surface area contributed by atoms with Crippen LogP contribution >= 0.6 is 0 Å². The number of hydrogen-bond donors (Lipinski definition) is 2. The molecule has 0 spiro atoms. The molecule has 0 saturated carbocycles. The number of guanidine groups is 1. The van der Waals surface area contributed by atoms with Crippen LogP contribution in [0.3, 0.4) is 0 Å². The summed E-state index contributed by atoms with van der Waals surface area (Å²) in [7, 11) is 0. The number of hydrogen-bond acceptors (Lipinski definition) is 6. The SMILES string of the molecule is CCNC(=NCc1coc(-c2ccccc2)n1)NCc1noc(C(C)(C)C)n1. The largest absolute Gasteiger partial charge is 0.444 e. The highest BCUT2D eigenvalue weighted by atomic mass is 16.5. The standard InChI is InChI=1S/C20H26N6O2/c1-5-21-19(23-12-16-25-18(28-26-16)20(2,3)4)22-11-15-13-27-17(24-15)14-9-7-6-8-10-14/h6-10,13H,5,11-12H2,1-4H3,(H2,21,22,23). The van der Waals surface area contributed by atoms with Gasteiger partial charge in [0.15, 0.2) is 11.8 Å². The molecule has 1 aromatic carbocycles. The van der Waals surface area contributed by atoms with Gasteiger partial charge >= 0.3 is 0 Å². The van der Waals surface area contributed by atoms with E-state index in [9.17, 15) is 0 Å². The van der Waals surface area contributed by atoms with E-state index in [1.807, 2.05) is 58.0 Å². The van der Waals surface area contributed by atoms with Crippen molar-refractivity contribution in [1.29, 1.82) is 0 Å². The molecule has 2 N–H and O–H groups in total. The zero-order chi connectivity index (χ0) is 20.0. The van der Waals surface area contributed by atoms with E-state index in [0.29, 0.717) is 36.7 Å². The van der Waals surface area contributed by atoms with Crippen molar-refractivity contribution < 1.29 is 8.94 Å². The Bertz CT molecular complexity index is 908. The molecule has 2 aromatic heterocycles. The summed E-state index contributed by atoms with van der Waals surface area (Å²) in [6, 6.07) is 9.78. The lowest BCUT2D eigenvalue weighted by atomic mass is 9.97. The van der Waals surface area contributed by atoms with Gasteiger partial charge in [-0.05, 0) is 19.1 Å². The molecule has 0 amide bonds. The van der Waals surface area contributed by atoms with Gasteiger partial charge in [0.1, 0.15) is 12.0 Å². The van der Waals surface area contributed by atoms with Crippen molar-refractivity contribution in [3.05, 3.63) is 54.0 Å². The molecule has 3 rings (SSSR count). The Morgan fingerprint density at radius 3 is 2.57 bits per heavy atom. The second-order valence-corrected chi connectivity index (χ2v) is 7.32. The van der Waals surface area contributed by atoms with E-state index in [4.69, 9.17) is 8.94 Å². The molecule has 2 heterocycles. The monoisotopic (exact) mass is 382 g/mol. The smallest absolute Gasteiger partial charge is 0.232 e. The van der Waals surface area contributed by atoms with Gasteiger partial charge < -0.3 is 19.6 Å². The molecule has 148 valence electrons. The average Bonchev–Trinajstić information content (AvgIpc) is 3.34. The van der Waals surface area contributed by atoms with E-state index in [2.05, 4.69) is 30.8 Å². The van der Waals surface area contributed by atoms with Crippen LogP contribution in [0.2, 0.25) is 0 Å². The molecular weight excluding hydrogens is 356 g/mol. The summed E-state index contributed by atoms with van der Waals surface area (Å²) in [5.74, 6) is 2.43. The van der Waals surface area contributed by atoms with E-state index in [-0.39, 0.29) is 5.41 Å². The van der Waals surface area contributed by atoms with Crippen LogP contribution in [0.5, 0.6) is 0 Å². The molecule has 3 aromatic rings. The summed E-state index contributed by atoms with van der Waals surface area (Å²) >= 11 is 0. The third-order valence-corrected chi connectivity index (χ3v) is 3.84. The first-order valence-electron chi connectivity index (χ1n) is 9.31. The fraction of sp³-hybridized carbons (Fsp3) is 0.400. The number of oxazole rings is 1. The van der Waals surface area contributed by atoms with Crippen LogP contribution < -0.4 is 10.6 Å². The fourth-order valence-corrected chi connectivity index (χ4v) is 2.39. The second-order valence-electron chi connectivity index (χ2n) is 7.32. The van der Waals surface area contributed by atoms with Gasteiger partial charge in [-0.15, -0.1) is 0 Å². The molecule has 0 atom stereocenters. The highest BCUT2D eigenvalue weighted by Gasteiger charge is 2.21. The van der Waals surface area contributed by atoms with E-state index in [1.165, 1.54) is 0 Å². The molecule has 8 nitrogen and oxygen atoms in total. The number of nitrogens with one attached hydrogen (secondary N) is 2. The molecule has 0 aliphatic carbocycles. The Balaban J connectivity index is 1.61. The summed E-state index contributed by atoms with van der Waals surface area (Å²) in [5, 5.41) is 10.4. The van der Waals surface area contributed by atoms with E-state index < -0.39 is 0 Å². The maximum absolute atomic E-state index is 5.55. The van der Waals surface area contributed by atoms with E-state index >= 15 is 0 Å². The Morgan fingerprint density at radius 2 is 1.89 bits per heavy atom. The van der Waals surface area contributed by atoms with Crippen molar-refractivity contribution in [1.82, 2.24) is 25.8 Å². The van der Waals surface area contributed by atoms with Crippen molar-refractivity contribution in [3.63, 3.8) is 0 Å². The van der Waals surface area contributed by atoms with Crippen LogP contribution in [0.1, 0.15) is 45.1 Å². The number of aliphatic imine (C=N–C) groups is 1. The number of benzene rings is 1. The van der Waals surface area contributed by atoms with Gasteiger partial charge in [0.25, 0.3) is 0 Å². The Labute approximate surface area is 164 Å². The van der Waals surface area contributed by atoms with Crippen LogP contribution in [0.15, 0.2) is 50.5 Å². The molecule has 0 radical (unpaired) electrons. The Hall–Kier alpha value is -3.16. The Morgan fingerprint density at radius 1 is 1.11 bits per heavy atom.